The highest BCUT2D eigenvalue weighted by Gasteiger charge is 2.56. The molecule has 4 nitrogen and oxygen atoms in total. The van der Waals surface area contributed by atoms with Crippen molar-refractivity contribution in [1.29, 1.82) is 0 Å². The summed E-state index contributed by atoms with van der Waals surface area (Å²) in [4.78, 5) is 24.9. The van der Waals surface area contributed by atoms with Crippen molar-refractivity contribution >= 4 is 50.7 Å². The van der Waals surface area contributed by atoms with Crippen LogP contribution in [-0.4, -0.2) is 11.8 Å². The van der Waals surface area contributed by atoms with Crippen LogP contribution in [0.3, 0.4) is 0 Å². The Morgan fingerprint density at radius 1 is 0.870 bits per heavy atom. The van der Waals surface area contributed by atoms with Gasteiger partial charge in [-0.2, -0.15) is 0 Å². The number of benzene rings is 2. The Morgan fingerprint density at radius 2 is 1.30 bits per heavy atom. The summed E-state index contributed by atoms with van der Waals surface area (Å²) in [6, 6.07) is 14.1. The van der Waals surface area contributed by atoms with Gasteiger partial charge in [0.05, 0.1) is 0 Å². The van der Waals surface area contributed by atoms with E-state index in [1.54, 1.807) is 36.4 Å². The molecule has 2 N–H and O–H groups in total. The molecular formula is C17H14BrClN2O2. The molecule has 0 saturated heterocycles. The van der Waals surface area contributed by atoms with E-state index in [1.165, 1.54) is 0 Å². The SMILES string of the molecule is O=C(Nc1ccc(Cl)cc1)C1(C(=O)Nc2ccc(Br)cc2)CC1. The average molecular weight is 394 g/mol. The number of hydrogen-bond donors (Lipinski definition) is 2. The molecule has 0 heterocycles. The lowest BCUT2D eigenvalue weighted by molar-refractivity contribution is -0.131. The standard InChI is InChI=1S/C17H14BrClN2O2/c18-11-1-5-13(6-2-11)20-15(22)17(9-10-17)16(23)21-14-7-3-12(19)4-8-14/h1-8H,9-10H2,(H,20,22)(H,21,23). The van der Waals surface area contributed by atoms with E-state index in [-0.39, 0.29) is 11.8 Å². The first-order valence-electron chi connectivity index (χ1n) is 7.14. The van der Waals surface area contributed by atoms with Gasteiger partial charge in [0.1, 0.15) is 5.41 Å². The predicted molar refractivity (Wildman–Crippen MR) is 94.5 cm³/mol. The maximum Gasteiger partial charge on any atom is 0.240 e. The lowest BCUT2D eigenvalue weighted by Crippen LogP contribution is -2.35. The summed E-state index contributed by atoms with van der Waals surface area (Å²) in [5.41, 5.74) is 0.318. The molecule has 3 rings (SSSR count). The monoisotopic (exact) mass is 392 g/mol. The highest BCUT2D eigenvalue weighted by Crippen LogP contribution is 2.47. The van der Waals surface area contributed by atoms with Crippen molar-refractivity contribution in [2.75, 3.05) is 10.6 Å². The fourth-order valence-electron chi connectivity index (χ4n) is 2.25. The van der Waals surface area contributed by atoms with Crippen molar-refractivity contribution in [2.24, 2.45) is 5.41 Å². The minimum atomic E-state index is -0.979. The molecule has 0 aliphatic heterocycles. The smallest absolute Gasteiger partial charge is 0.240 e. The highest BCUT2D eigenvalue weighted by molar-refractivity contribution is 9.10. The van der Waals surface area contributed by atoms with E-state index in [0.29, 0.717) is 29.2 Å². The number of anilines is 2. The second kappa shape index (κ2) is 6.34. The van der Waals surface area contributed by atoms with Crippen LogP contribution in [0.2, 0.25) is 5.02 Å². The topological polar surface area (TPSA) is 58.2 Å². The van der Waals surface area contributed by atoms with Gasteiger partial charge < -0.3 is 10.6 Å². The summed E-state index contributed by atoms with van der Waals surface area (Å²) >= 11 is 9.16. The first kappa shape index (κ1) is 16.0. The summed E-state index contributed by atoms with van der Waals surface area (Å²) in [5.74, 6) is -0.555. The van der Waals surface area contributed by atoms with Gasteiger partial charge in [-0.1, -0.05) is 27.5 Å². The lowest BCUT2D eigenvalue weighted by Gasteiger charge is -2.15. The molecule has 118 valence electrons. The van der Waals surface area contributed by atoms with Gasteiger partial charge in [-0.05, 0) is 61.4 Å². The molecular weight excluding hydrogens is 380 g/mol. The second-order valence-electron chi connectivity index (χ2n) is 5.50. The van der Waals surface area contributed by atoms with Gasteiger partial charge in [0.15, 0.2) is 0 Å². The highest BCUT2D eigenvalue weighted by atomic mass is 79.9. The summed E-state index contributed by atoms with van der Waals surface area (Å²) in [6.07, 6.45) is 1.10. The zero-order valence-corrected chi connectivity index (χ0v) is 14.4. The Kier molecular flexibility index (Phi) is 4.41. The Bertz CT molecular complexity index is 679. The summed E-state index contributed by atoms with van der Waals surface area (Å²) in [7, 11) is 0. The fraction of sp³-hybridized carbons (Fsp3) is 0.176. The Balaban J connectivity index is 1.68. The predicted octanol–water partition coefficient (Wildman–Crippen LogP) is 4.46. The van der Waals surface area contributed by atoms with Gasteiger partial charge in [-0.15, -0.1) is 0 Å². The van der Waals surface area contributed by atoms with Crippen LogP contribution in [0, 0.1) is 5.41 Å². The van der Waals surface area contributed by atoms with Gasteiger partial charge in [-0.25, -0.2) is 0 Å². The van der Waals surface area contributed by atoms with Crippen LogP contribution < -0.4 is 10.6 Å². The molecule has 2 amide bonds. The van der Waals surface area contributed by atoms with Crippen LogP contribution in [0.5, 0.6) is 0 Å². The quantitative estimate of drug-likeness (QED) is 0.754. The van der Waals surface area contributed by atoms with Crippen LogP contribution >= 0.6 is 27.5 Å². The van der Waals surface area contributed by atoms with Crippen LogP contribution in [0.4, 0.5) is 11.4 Å². The first-order chi connectivity index (χ1) is 11.0. The molecule has 0 unspecified atom stereocenters. The molecule has 23 heavy (non-hydrogen) atoms. The van der Waals surface area contributed by atoms with Crippen LogP contribution in [0.1, 0.15) is 12.8 Å². The van der Waals surface area contributed by atoms with E-state index in [2.05, 4.69) is 26.6 Å². The number of rotatable bonds is 4. The number of carbonyl (C=O) groups excluding carboxylic acids is 2. The molecule has 0 bridgehead atoms. The van der Waals surface area contributed by atoms with E-state index in [1.807, 2.05) is 12.1 Å². The van der Waals surface area contributed by atoms with E-state index in [9.17, 15) is 9.59 Å². The lowest BCUT2D eigenvalue weighted by atomic mass is 10.0. The summed E-state index contributed by atoms with van der Waals surface area (Å²) < 4.78 is 0.928. The third-order valence-corrected chi connectivity index (χ3v) is 4.60. The van der Waals surface area contributed by atoms with Gasteiger partial charge in [-0.3, -0.25) is 9.59 Å². The summed E-state index contributed by atoms with van der Waals surface area (Å²) in [5, 5.41) is 6.18. The third-order valence-electron chi connectivity index (χ3n) is 3.82. The number of hydrogen-bond acceptors (Lipinski definition) is 2. The van der Waals surface area contributed by atoms with Crippen molar-refractivity contribution in [2.45, 2.75) is 12.8 Å². The van der Waals surface area contributed by atoms with Crippen molar-refractivity contribution in [3.63, 3.8) is 0 Å². The van der Waals surface area contributed by atoms with Crippen LogP contribution in [0.25, 0.3) is 0 Å². The average Bonchev–Trinajstić information content (AvgIpc) is 3.34. The molecule has 6 heteroatoms. The Morgan fingerprint density at radius 3 is 1.74 bits per heavy atom. The molecule has 1 fully saturated rings. The maximum atomic E-state index is 12.5. The fourth-order valence-corrected chi connectivity index (χ4v) is 2.64. The Labute approximate surface area is 147 Å². The van der Waals surface area contributed by atoms with Gasteiger partial charge >= 0.3 is 0 Å². The van der Waals surface area contributed by atoms with E-state index in [4.69, 9.17) is 11.6 Å². The van der Waals surface area contributed by atoms with Crippen molar-refractivity contribution < 1.29 is 9.59 Å². The van der Waals surface area contributed by atoms with Crippen molar-refractivity contribution in [1.82, 2.24) is 0 Å². The molecule has 0 aromatic heterocycles. The molecule has 1 saturated carbocycles. The molecule has 0 spiro atoms. The summed E-state index contributed by atoms with van der Waals surface area (Å²) in [6.45, 7) is 0. The minimum Gasteiger partial charge on any atom is -0.325 e. The largest absolute Gasteiger partial charge is 0.325 e. The van der Waals surface area contributed by atoms with Crippen LogP contribution in [0.15, 0.2) is 53.0 Å². The number of nitrogens with one attached hydrogen (secondary N) is 2. The Hall–Kier alpha value is -1.85. The molecule has 1 aliphatic rings. The zero-order valence-electron chi connectivity index (χ0n) is 12.1. The van der Waals surface area contributed by atoms with Crippen molar-refractivity contribution in [3.05, 3.63) is 58.0 Å². The number of carbonyl (C=O) groups is 2. The van der Waals surface area contributed by atoms with E-state index in [0.717, 1.165) is 4.47 Å². The molecule has 0 radical (unpaired) electrons. The molecule has 0 atom stereocenters. The third kappa shape index (κ3) is 3.57. The van der Waals surface area contributed by atoms with Crippen molar-refractivity contribution in [3.8, 4) is 0 Å². The molecule has 1 aliphatic carbocycles. The van der Waals surface area contributed by atoms with Gasteiger partial charge in [0, 0.05) is 20.9 Å². The number of halogens is 2. The van der Waals surface area contributed by atoms with E-state index < -0.39 is 5.41 Å². The van der Waals surface area contributed by atoms with Gasteiger partial charge in [0.2, 0.25) is 11.8 Å². The van der Waals surface area contributed by atoms with E-state index >= 15 is 0 Å². The zero-order chi connectivity index (χ0) is 16.4. The normalized spacial score (nSPS) is 14.9. The first-order valence-corrected chi connectivity index (χ1v) is 8.31. The number of amides is 2. The molecule has 2 aromatic rings. The van der Waals surface area contributed by atoms with Crippen LogP contribution in [-0.2, 0) is 9.59 Å². The second-order valence-corrected chi connectivity index (χ2v) is 6.86. The maximum absolute atomic E-state index is 12.5. The molecule has 2 aromatic carbocycles. The minimum absolute atomic E-state index is 0.272. The van der Waals surface area contributed by atoms with Gasteiger partial charge in [0.25, 0.3) is 0 Å².